The SMILES string of the molecule is CC1=C(c2cccc3ccccc23)c2ccccc2[CH]1[Hf]([CH3])([CH3])(=[SiH2])[CH]1C(C)=C(c2cccc3ccccc23)c2ccccc21.Cl.Cl. The summed E-state index contributed by atoms with van der Waals surface area (Å²) in [5.74, 6) is 0. The number of allylic oxidation sites excluding steroid dienone is 2. The van der Waals surface area contributed by atoms with Gasteiger partial charge in [-0.25, -0.2) is 0 Å². The molecule has 0 spiro atoms. The number of hydrogen-bond acceptors (Lipinski definition) is 0. The van der Waals surface area contributed by atoms with Crippen LogP contribution in [0.2, 0.25) is 9.36 Å². The van der Waals surface area contributed by atoms with Crippen LogP contribution in [0.25, 0.3) is 32.7 Å². The van der Waals surface area contributed by atoms with Crippen molar-refractivity contribution in [3.63, 3.8) is 0 Å². The van der Waals surface area contributed by atoms with E-state index in [1.807, 2.05) is 0 Å². The molecular weight excluding hydrogens is 782 g/mol. The summed E-state index contributed by atoms with van der Waals surface area (Å²) in [6, 6.07) is 50.1. The smallest absolute Gasteiger partial charge is 0.147 e. The van der Waals surface area contributed by atoms with Crippen molar-refractivity contribution in [2.24, 2.45) is 0 Å². The zero-order valence-electron chi connectivity index (χ0n) is 26.9. The van der Waals surface area contributed by atoms with Crippen LogP contribution in [0, 0.1) is 0 Å². The maximum absolute atomic E-state index is 3.92. The molecule has 6 aromatic rings. The van der Waals surface area contributed by atoms with E-state index < -0.39 is 17.1 Å². The number of rotatable bonds is 4. The molecule has 0 aliphatic heterocycles. The summed E-state index contributed by atoms with van der Waals surface area (Å²) in [6.45, 7) is 7.38. The molecule has 0 saturated heterocycles. The Morgan fingerprint density at radius 2 is 0.761 bits per heavy atom. The molecule has 0 aromatic heterocycles. The molecule has 4 heteroatoms. The molecule has 0 radical (unpaired) electrons. The fourth-order valence-electron chi connectivity index (χ4n) is 9.35. The van der Waals surface area contributed by atoms with Crippen LogP contribution < -0.4 is 0 Å². The minimum absolute atomic E-state index is 0. The van der Waals surface area contributed by atoms with E-state index in [9.17, 15) is 0 Å². The summed E-state index contributed by atoms with van der Waals surface area (Å²) in [6.07, 6.45) is 0. The van der Waals surface area contributed by atoms with E-state index in [0.29, 0.717) is 7.35 Å². The molecular formula is C42H40Cl2HfSi. The topological polar surface area (TPSA) is 0 Å². The molecule has 0 fully saturated rings. The molecule has 6 aromatic carbocycles. The minimum Gasteiger partial charge on any atom is -0.147 e. The fourth-order valence-corrected chi connectivity index (χ4v) is 39.6. The fraction of sp³-hybridized carbons (Fsp3) is 0.143. The van der Waals surface area contributed by atoms with Crippen LogP contribution in [-0.4, -0.2) is 6.94 Å². The van der Waals surface area contributed by atoms with Gasteiger partial charge < -0.3 is 0 Å². The molecule has 2 unspecified atom stereocenters. The third-order valence-electron chi connectivity index (χ3n) is 10.8. The summed E-state index contributed by atoms with van der Waals surface area (Å²) in [7, 11) is 0. The predicted octanol–water partition coefficient (Wildman–Crippen LogP) is 11.6. The van der Waals surface area contributed by atoms with Gasteiger partial charge in [0.15, 0.2) is 0 Å². The molecule has 0 amide bonds. The summed E-state index contributed by atoms with van der Waals surface area (Å²) in [4.78, 5) is 0. The van der Waals surface area contributed by atoms with Crippen LogP contribution in [0.4, 0.5) is 0 Å². The van der Waals surface area contributed by atoms with Crippen molar-refractivity contribution in [2.75, 3.05) is 0 Å². The third-order valence-corrected chi connectivity index (χ3v) is 36.4. The number of benzene rings is 6. The quantitative estimate of drug-likeness (QED) is 0.155. The van der Waals surface area contributed by atoms with Crippen LogP contribution in [0.15, 0.2) is 145 Å². The van der Waals surface area contributed by atoms with E-state index >= 15 is 0 Å². The molecule has 2 aliphatic rings. The number of halogens is 2. The van der Waals surface area contributed by atoms with E-state index in [1.54, 1.807) is 22.3 Å². The monoisotopic (exact) mass is 822 g/mol. The first-order valence-corrected chi connectivity index (χ1v) is 35.5. The van der Waals surface area contributed by atoms with E-state index in [2.05, 4.69) is 164 Å². The first-order chi connectivity index (χ1) is 21.2. The van der Waals surface area contributed by atoms with Gasteiger partial charge in [-0.05, 0) is 0 Å². The third kappa shape index (κ3) is 4.79. The molecule has 0 heterocycles. The second-order valence-corrected chi connectivity index (χ2v) is 57.7. The molecule has 2 atom stereocenters. The zero-order valence-corrected chi connectivity index (χ0v) is 33.5. The number of hydrogen-bond donors (Lipinski definition) is 0. The van der Waals surface area contributed by atoms with Gasteiger partial charge in [-0.3, -0.25) is 0 Å². The van der Waals surface area contributed by atoms with Gasteiger partial charge in [0.25, 0.3) is 0 Å². The van der Waals surface area contributed by atoms with Crippen molar-refractivity contribution < 1.29 is 17.1 Å². The summed E-state index contributed by atoms with van der Waals surface area (Å²) >= 11 is -3.92. The van der Waals surface area contributed by atoms with Gasteiger partial charge in [-0.1, -0.05) is 0 Å². The summed E-state index contributed by atoms with van der Waals surface area (Å²) in [5.41, 5.74) is 14.8. The molecule has 0 bridgehead atoms. The maximum Gasteiger partial charge on any atom is -0.147 e. The van der Waals surface area contributed by atoms with Crippen molar-refractivity contribution >= 4 is 64.4 Å². The minimum atomic E-state index is -3.92. The second kappa shape index (κ2) is 11.9. The van der Waals surface area contributed by atoms with Crippen molar-refractivity contribution in [1.82, 2.24) is 0 Å². The Labute approximate surface area is 288 Å². The van der Waals surface area contributed by atoms with Crippen molar-refractivity contribution in [3.8, 4) is 0 Å². The van der Waals surface area contributed by atoms with Crippen LogP contribution in [0.3, 0.4) is 0 Å². The zero-order chi connectivity index (χ0) is 30.2. The van der Waals surface area contributed by atoms with Crippen LogP contribution in [0.1, 0.15) is 54.6 Å². The van der Waals surface area contributed by atoms with Gasteiger partial charge in [0.1, 0.15) is 0 Å². The van der Waals surface area contributed by atoms with Gasteiger partial charge >= 0.3 is 265 Å². The molecule has 230 valence electrons. The van der Waals surface area contributed by atoms with Crippen LogP contribution in [-0.2, 0) is 17.1 Å². The second-order valence-electron chi connectivity index (χ2n) is 14.1. The molecule has 2 aliphatic carbocycles. The Morgan fingerprint density at radius 1 is 0.435 bits per heavy atom. The Bertz CT molecular complexity index is 2140. The first-order valence-electron chi connectivity index (χ1n) is 15.9. The molecule has 0 N–H and O–H groups in total. The normalized spacial score (nSPS) is 17.5. The number of fused-ring (bicyclic) bond motifs is 4. The Hall–Kier alpha value is -3.01. The molecule has 46 heavy (non-hydrogen) atoms. The average molecular weight is 822 g/mol. The Morgan fingerprint density at radius 3 is 1.20 bits per heavy atom. The van der Waals surface area contributed by atoms with Crippen molar-refractivity contribution in [1.29, 1.82) is 0 Å². The molecule has 0 saturated carbocycles. The molecule has 8 rings (SSSR count). The van der Waals surface area contributed by atoms with Gasteiger partial charge in [0, 0.05) is 0 Å². The predicted molar refractivity (Wildman–Crippen MR) is 204 cm³/mol. The van der Waals surface area contributed by atoms with E-state index in [1.165, 1.54) is 54.9 Å². The summed E-state index contributed by atoms with van der Waals surface area (Å²) < 4.78 is 6.47. The van der Waals surface area contributed by atoms with Gasteiger partial charge in [-0.15, -0.1) is 24.8 Å². The maximum atomic E-state index is 2.77. The van der Waals surface area contributed by atoms with E-state index in [0.717, 1.165) is 0 Å². The van der Waals surface area contributed by atoms with E-state index in [-0.39, 0.29) is 24.8 Å². The largest absolute Gasteiger partial charge is 0.147 e. The van der Waals surface area contributed by atoms with Crippen molar-refractivity contribution in [2.45, 2.75) is 30.6 Å². The molecule has 0 nitrogen and oxygen atoms in total. The van der Waals surface area contributed by atoms with Crippen molar-refractivity contribution in [3.05, 3.63) is 178 Å². The Balaban J connectivity index is 0.00000186. The average Bonchev–Trinajstić information content (AvgIpc) is 3.51. The van der Waals surface area contributed by atoms with Crippen LogP contribution >= 0.6 is 24.8 Å². The van der Waals surface area contributed by atoms with Crippen LogP contribution in [0.5, 0.6) is 0 Å². The summed E-state index contributed by atoms with van der Waals surface area (Å²) in [5, 5.41) is 5.32. The van der Waals surface area contributed by atoms with E-state index in [4.69, 9.17) is 0 Å². The standard InChI is InChI=1S/2C20H15.2CH3.2ClH.Hf.H2Si/c2*1-14-13-16-8-3-5-11-18(16)20(14)19-12-6-9-15-7-2-4-10-17(15)19;;;;;;/h2*2-13H,1H3;2*1H3;2*1H;;1H2. The first kappa shape index (κ1) is 32.9. The van der Waals surface area contributed by atoms with Gasteiger partial charge in [0.2, 0.25) is 0 Å². The Kier molecular flexibility index (Phi) is 8.51. The van der Waals surface area contributed by atoms with Gasteiger partial charge in [0.05, 0.1) is 0 Å². The van der Waals surface area contributed by atoms with Gasteiger partial charge in [-0.2, -0.15) is 0 Å².